The summed E-state index contributed by atoms with van der Waals surface area (Å²) in [6, 6.07) is 8.38. The number of fused-ring (bicyclic) bond motifs is 1. The van der Waals surface area contributed by atoms with Crippen molar-refractivity contribution in [3.8, 4) is 11.5 Å². The number of nitrogens with one attached hydrogen (secondary N) is 2. The second-order valence-electron chi connectivity index (χ2n) is 9.96. The van der Waals surface area contributed by atoms with Crippen LogP contribution < -0.4 is 25.0 Å². The van der Waals surface area contributed by atoms with Crippen LogP contribution in [0.4, 0.5) is 10.1 Å². The average molecular weight is 612 g/mol. The Morgan fingerprint density at radius 3 is 2.63 bits per heavy atom. The molecular formula is C28H32Cl2FN3O7. The number of benzene rings is 2. The van der Waals surface area contributed by atoms with Crippen LogP contribution in [0.2, 0.25) is 10.0 Å². The first-order chi connectivity index (χ1) is 19.6. The number of hydrogen-bond acceptors (Lipinski definition) is 7. The van der Waals surface area contributed by atoms with Crippen molar-refractivity contribution in [3.05, 3.63) is 52.3 Å². The highest BCUT2D eigenvalue weighted by Gasteiger charge is 2.38. The van der Waals surface area contributed by atoms with E-state index in [1.54, 1.807) is 18.2 Å². The number of hydrogen-bond donors (Lipinski definition) is 2. The third kappa shape index (κ3) is 8.22. The van der Waals surface area contributed by atoms with E-state index in [0.717, 1.165) is 6.07 Å². The van der Waals surface area contributed by atoms with E-state index in [1.165, 1.54) is 24.1 Å². The molecule has 1 aliphatic carbocycles. The van der Waals surface area contributed by atoms with Gasteiger partial charge in [-0.25, -0.2) is 4.39 Å². The summed E-state index contributed by atoms with van der Waals surface area (Å²) in [6.45, 7) is 2.08. The Kier molecular flexibility index (Phi) is 10.7. The molecule has 0 saturated heterocycles. The summed E-state index contributed by atoms with van der Waals surface area (Å²) in [5.74, 6) is -1.10. The number of methoxy groups -OCH3 is 1. The fourth-order valence-electron chi connectivity index (χ4n) is 4.84. The van der Waals surface area contributed by atoms with E-state index >= 15 is 0 Å². The van der Waals surface area contributed by atoms with E-state index in [-0.39, 0.29) is 72.9 Å². The summed E-state index contributed by atoms with van der Waals surface area (Å²) in [4.78, 5) is 40.1. The quantitative estimate of drug-likeness (QED) is 0.374. The zero-order chi connectivity index (χ0) is 29.5. The zero-order valence-electron chi connectivity index (χ0n) is 22.7. The summed E-state index contributed by atoms with van der Waals surface area (Å²) in [6.07, 6.45) is 0.187. The molecule has 3 amide bonds. The lowest BCUT2D eigenvalue weighted by Gasteiger charge is -2.35. The summed E-state index contributed by atoms with van der Waals surface area (Å²) >= 11 is 11.8. The van der Waals surface area contributed by atoms with Crippen molar-refractivity contribution < 1.29 is 37.7 Å². The lowest BCUT2D eigenvalue weighted by molar-refractivity contribution is -0.130. The Balaban J connectivity index is 1.31. The molecule has 1 heterocycles. The Hall–Kier alpha value is -3.12. The maximum Gasteiger partial charge on any atom is 0.263 e. The lowest BCUT2D eigenvalue weighted by Crippen LogP contribution is -2.53. The van der Waals surface area contributed by atoms with Gasteiger partial charge in [0.2, 0.25) is 0 Å². The Bertz CT molecular complexity index is 1270. The first-order valence-electron chi connectivity index (χ1n) is 13.2. The minimum absolute atomic E-state index is 0.0183. The molecule has 0 radical (unpaired) electrons. The number of amides is 3. The molecule has 13 heteroatoms. The Labute approximate surface area is 247 Å². The van der Waals surface area contributed by atoms with Crippen LogP contribution in [0.3, 0.4) is 0 Å². The molecule has 3 unspecified atom stereocenters. The maximum absolute atomic E-state index is 13.6. The van der Waals surface area contributed by atoms with E-state index < -0.39 is 11.9 Å². The van der Waals surface area contributed by atoms with Crippen LogP contribution in [0.25, 0.3) is 0 Å². The molecule has 2 aromatic rings. The highest BCUT2D eigenvalue weighted by Crippen LogP contribution is 2.36. The summed E-state index contributed by atoms with van der Waals surface area (Å²) in [5.41, 5.74) is 0.461. The third-order valence-corrected chi connectivity index (χ3v) is 7.46. The van der Waals surface area contributed by atoms with Gasteiger partial charge in [0.05, 0.1) is 30.5 Å². The van der Waals surface area contributed by atoms with E-state index in [2.05, 4.69) is 10.6 Å². The topological polar surface area (TPSA) is 115 Å². The normalized spacial score (nSPS) is 21.5. The molecule has 10 nitrogen and oxygen atoms in total. The Morgan fingerprint density at radius 2 is 1.88 bits per heavy atom. The number of nitrogens with zero attached hydrogens (tertiary/aromatic N) is 1. The monoisotopic (exact) mass is 611 g/mol. The molecule has 4 rings (SSSR count). The fourth-order valence-corrected chi connectivity index (χ4v) is 5.12. The predicted octanol–water partition coefficient (Wildman–Crippen LogP) is 3.37. The molecule has 41 heavy (non-hydrogen) atoms. The molecule has 0 aromatic heterocycles. The van der Waals surface area contributed by atoms with Gasteiger partial charge in [-0.2, -0.15) is 0 Å². The van der Waals surface area contributed by atoms with Gasteiger partial charge >= 0.3 is 0 Å². The van der Waals surface area contributed by atoms with Crippen LogP contribution in [-0.4, -0.2) is 76.0 Å². The van der Waals surface area contributed by atoms with Crippen molar-refractivity contribution in [2.24, 2.45) is 5.92 Å². The van der Waals surface area contributed by atoms with Crippen LogP contribution in [-0.2, 0) is 23.9 Å². The number of ether oxygens (including phenoxy) is 4. The van der Waals surface area contributed by atoms with Gasteiger partial charge in [-0.15, -0.1) is 0 Å². The third-order valence-electron chi connectivity index (χ3n) is 6.92. The smallest absolute Gasteiger partial charge is 0.263 e. The molecule has 0 bridgehead atoms. The van der Waals surface area contributed by atoms with Gasteiger partial charge in [0.1, 0.15) is 23.9 Å². The minimum Gasteiger partial charge on any atom is -0.484 e. The standard InChI is InChI=1S/C28H32Cl2FN3O7/c1-16-9-18(32-26(35)14-40-19-4-5-20(30)21(31)12-19)11-22(16)33-28(37)25-13-34(27(36)15-39-8-7-38-2)23-10-17(29)3-6-24(23)41-25/h3-6,10,12,16,18,22,25H,7-9,11,13-15H2,1-2H3,(H,32,35)(H,33,37)/t16?,18?,22-,25?/m1/s1. The lowest BCUT2D eigenvalue weighted by atomic mass is 10.1. The van der Waals surface area contributed by atoms with Gasteiger partial charge < -0.3 is 34.5 Å². The molecule has 222 valence electrons. The van der Waals surface area contributed by atoms with Gasteiger partial charge in [0.15, 0.2) is 12.7 Å². The van der Waals surface area contributed by atoms with Crippen molar-refractivity contribution >= 4 is 46.6 Å². The van der Waals surface area contributed by atoms with Crippen LogP contribution in [0.15, 0.2) is 36.4 Å². The highest BCUT2D eigenvalue weighted by atomic mass is 35.5. The SMILES string of the molecule is COCCOCC(=O)N1CC(C(=O)N[C@@H]2CC(NC(=O)COc3ccc(Cl)c(F)c3)CC2C)Oc2ccc(Cl)cc21. The van der Waals surface area contributed by atoms with Crippen LogP contribution in [0, 0.1) is 11.7 Å². The molecule has 1 aliphatic heterocycles. The molecule has 0 spiro atoms. The van der Waals surface area contributed by atoms with Crippen LogP contribution in [0.1, 0.15) is 19.8 Å². The van der Waals surface area contributed by atoms with E-state index in [9.17, 15) is 18.8 Å². The van der Waals surface area contributed by atoms with E-state index in [4.69, 9.17) is 42.1 Å². The van der Waals surface area contributed by atoms with E-state index in [0.29, 0.717) is 35.9 Å². The van der Waals surface area contributed by atoms with Crippen LogP contribution in [0.5, 0.6) is 11.5 Å². The van der Waals surface area contributed by atoms with Crippen LogP contribution >= 0.6 is 23.2 Å². The predicted molar refractivity (Wildman–Crippen MR) is 150 cm³/mol. The number of carbonyl (C=O) groups excluding carboxylic acids is 3. The summed E-state index contributed by atoms with van der Waals surface area (Å²) < 4.78 is 35.2. The van der Waals surface area contributed by atoms with Gasteiger partial charge in [-0.1, -0.05) is 30.1 Å². The molecular weight excluding hydrogens is 580 g/mol. The number of anilines is 1. The number of rotatable bonds is 11. The van der Waals surface area contributed by atoms with Gasteiger partial charge in [-0.05, 0) is 49.1 Å². The zero-order valence-corrected chi connectivity index (χ0v) is 24.2. The molecule has 1 fully saturated rings. The number of carbonyl (C=O) groups is 3. The van der Waals surface area contributed by atoms with Gasteiger partial charge in [0.25, 0.3) is 17.7 Å². The second-order valence-corrected chi connectivity index (χ2v) is 10.8. The largest absolute Gasteiger partial charge is 0.484 e. The van der Waals surface area contributed by atoms with Crippen molar-refractivity contribution in [2.45, 2.75) is 38.0 Å². The molecule has 2 aliphatic rings. The molecule has 2 aromatic carbocycles. The first kappa shape index (κ1) is 30.8. The number of halogens is 3. The summed E-state index contributed by atoms with van der Waals surface area (Å²) in [5, 5.41) is 6.31. The fraction of sp³-hybridized carbons (Fsp3) is 0.464. The van der Waals surface area contributed by atoms with Gasteiger partial charge in [-0.3, -0.25) is 14.4 Å². The second kappa shape index (κ2) is 14.2. The Morgan fingerprint density at radius 1 is 1.07 bits per heavy atom. The average Bonchev–Trinajstić information content (AvgIpc) is 3.28. The van der Waals surface area contributed by atoms with Crippen molar-refractivity contribution in [1.82, 2.24) is 10.6 Å². The van der Waals surface area contributed by atoms with Gasteiger partial charge in [0, 0.05) is 30.3 Å². The first-order valence-corrected chi connectivity index (χ1v) is 13.9. The molecule has 4 atom stereocenters. The molecule has 1 saturated carbocycles. The maximum atomic E-state index is 13.6. The van der Waals surface area contributed by atoms with Crippen molar-refractivity contribution in [1.29, 1.82) is 0 Å². The summed E-state index contributed by atoms with van der Waals surface area (Å²) in [7, 11) is 1.54. The van der Waals surface area contributed by atoms with Crippen molar-refractivity contribution in [2.75, 3.05) is 45.0 Å². The van der Waals surface area contributed by atoms with E-state index in [1.807, 2.05) is 6.92 Å². The van der Waals surface area contributed by atoms with Crippen molar-refractivity contribution in [3.63, 3.8) is 0 Å². The minimum atomic E-state index is -0.958. The molecule has 2 N–H and O–H groups in total. The highest BCUT2D eigenvalue weighted by molar-refractivity contribution is 6.31.